The number of nitrogens with zero attached hydrogens (tertiary/aromatic N) is 3. The first-order valence-corrected chi connectivity index (χ1v) is 11.9. The Morgan fingerprint density at radius 1 is 1.18 bits per heavy atom. The van der Waals surface area contributed by atoms with Gasteiger partial charge >= 0.3 is 0 Å². The molecule has 0 aliphatic heterocycles. The Kier molecular flexibility index (Phi) is 7.57. The molecule has 0 spiro atoms. The fourth-order valence-corrected chi connectivity index (χ4v) is 4.51. The quantitative estimate of drug-likeness (QED) is 0.552. The van der Waals surface area contributed by atoms with Crippen molar-refractivity contribution in [2.75, 3.05) is 5.75 Å². The highest BCUT2D eigenvalue weighted by atomic mass is 79.9. The topological polar surface area (TPSA) is 59.8 Å². The first-order chi connectivity index (χ1) is 13.5. The number of carbonyl (C=O) groups is 1. The number of halogens is 1. The van der Waals surface area contributed by atoms with Crippen LogP contribution in [0.5, 0.6) is 0 Å². The molecular weight excluding hydrogens is 436 g/mol. The Morgan fingerprint density at radius 2 is 1.86 bits per heavy atom. The minimum Gasteiger partial charge on any atom is -0.353 e. The molecule has 0 bridgehead atoms. The second-order valence-corrected chi connectivity index (χ2v) is 9.72. The Labute approximate surface area is 180 Å². The summed E-state index contributed by atoms with van der Waals surface area (Å²) in [7, 11) is 0. The van der Waals surface area contributed by atoms with Gasteiger partial charge in [-0.2, -0.15) is 0 Å². The van der Waals surface area contributed by atoms with Crippen LogP contribution in [-0.4, -0.2) is 32.5 Å². The van der Waals surface area contributed by atoms with Gasteiger partial charge in [-0.05, 0) is 37.8 Å². The molecule has 0 saturated heterocycles. The van der Waals surface area contributed by atoms with Crippen LogP contribution in [0.1, 0.15) is 58.9 Å². The van der Waals surface area contributed by atoms with Crippen LogP contribution < -0.4 is 5.32 Å². The van der Waals surface area contributed by atoms with E-state index in [9.17, 15) is 4.79 Å². The number of nitrogens with one attached hydrogen (secondary N) is 1. The number of hydrogen-bond donors (Lipinski definition) is 1. The van der Waals surface area contributed by atoms with Gasteiger partial charge in [-0.1, -0.05) is 72.9 Å². The van der Waals surface area contributed by atoms with Gasteiger partial charge in [0.1, 0.15) is 0 Å². The lowest BCUT2D eigenvalue weighted by molar-refractivity contribution is -0.119. The molecule has 7 heteroatoms. The summed E-state index contributed by atoms with van der Waals surface area (Å²) in [6.45, 7) is 6.27. The third-order valence-electron chi connectivity index (χ3n) is 5.43. The van der Waals surface area contributed by atoms with Crippen molar-refractivity contribution in [1.82, 2.24) is 20.1 Å². The van der Waals surface area contributed by atoms with Crippen molar-refractivity contribution >= 4 is 33.6 Å². The van der Waals surface area contributed by atoms with E-state index in [0.29, 0.717) is 17.7 Å². The molecule has 1 aromatic heterocycles. The maximum absolute atomic E-state index is 12.3. The van der Waals surface area contributed by atoms with E-state index in [1.165, 1.54) is 31.0 Å². The molecule has 1 saturated carbocycles. The number of thioether (sulfide) groups is 1. The summed E-state index contributed by atoms with van der Waals surface area (Å²) in [5, 5.41) is 12.9. The molecule has 5 nitrogen and oxygen atoms in total. The van der Waals surface area contributed by atoms with E-state index in [1.54, 1.807) is 0 Å². The predicted octanol–water partition coefficient (Wildman–Crippen LogP) is 5.47. The number of amides is 1. The highest BCUT2D eigenvalue weighted by Gasteiger charge is 2.24. The summed E-state index contributed by atoms with van der Waals surface area (Å²) in [6, 6.07) is 8.77. The minimum atomic E-state index is 0.0505. The lowest BCUT2D eigenvalue weighted by Crippen LogP contribution is -2.37. The highest BCUT2D eigenvalue weighted by Crippen LogP contribution is 2.35. The lowest BCUT2D eigenvalue weighted by Gasteiger charge is -2.25. The Bertz CT molecular complexity index is 784. The molecule has 1 heterocycles. The highest BCUT2D eigenvalue weighted by molar-refractivity contribution is 9.10. The van der Waals surface area contributed by atoms with E-state index in [0.717, 1.165) is 33.9 Å². The Morgan fingerprint density at radius 3 is 2.50 bits per heavy atom. The smallest absolute Gasteiger partial charge is 0.230 e. The van der Waals surface area contributed by atoms with Crippen molar-refractivity contribution in [1.29, 1.82) is 0 Å². The summed E-state index contributed by atoms with van der Waals surface area (Å²) < 4.78 is 3.32. The van der Waals surface area contributed by atoms with Crippen molar-refractivity contribution in [3.8, 4) is 11.4 Å². The Balaban J connectivity index is 1.80. The largest absolute Gasteiger partial charge is 0.353 e. The molecule has 1 fully saturated rings. The molecule has 2 aromatic rings. The van der Waals surface area contributed by atoms with Crippen LogP contribution in [-0.2, 0) is 4.79 Å². The van der Waals surface area contributed by atoms with Gasteiger partial charge in [-0.25, -0.2) is 0 Å². The normalized spacial score (nSPS) is 16.3. The SMILES string of the molecule is CC(C)[C@@H](C)NC(=O)CSc1nnc(-c2ccc(Br)cc2)n1C1CCCCC1. The van der Waals surface area contributed by atoms with Gasteiger partial charge in [0.15, 0.2) is 11.0 Å². The number of rotatable bonds is 7. The molecule has 1 amide bonds. The van der Waals surface area contributed by atoms with Crippen LogP contribution in [0.4, 0.5) is 0 Å². The summed E-state index contributed by atoms with van der Waals surface area (Å²) in [6.07, 6.45) is 6.06. The van der Waals surface area contributed by atoms with Crippen LogP contribution in [0.15, 0.2) is 33.9 Å². The van der Waals surface area contributed by atoms with Gasteiger partial charge in [0.25, 0.3) is 0 Å². The van der Waals surface area contributed by atoms with Crippen molar-refractivity contribution in [3.05, 3.63) is 28.7 Å². The fourth-order valence-electron chi connectivity index (χ4n) is 3.43. The summed E-state index contributed by atoms with van der Waals surface area (Å²) in [5.74, 6) is 1.73. The van der Waals surface area contributed by atoms with E-state index in [2.05, 4.69) is 62.0 Å². The van der Waals surface area contributed by atoms with Crippen molar-refractivity contribution < 1.29 is 4.79 Å². The van der Waals surface area contributed by atoms with E-state index in [4.69, 9.17) is 0 Å². The first kappa shape index (κ1) is 21.4. The molecule has 1 aliphatic rings. The van der Waals surface area contributed by atoms with Crippen LogP contribution in [0, 0.1) is 5.92 Å². The van der Waals surface area contributed by atoms with Gasteiger partial charge in [0, 0.05) is 22.1 Å². The molecule has 28 heavy (non-hydrogen) atoms. The molecular formula is C21H29BrN4OS. The van der Waals surface area contributed by atoms with Crippen molar-refractivity contribution in [2.45, 2.75) is 70.1 Å². The van der Waals surface area contributed by atoms with Gasteiger partial charge in [0.2, 0.25) is 5.91 Å². The summed E-state index contributed by atoms with van der Waals surface area (Å²) >= 11 is 4.99. The predicted molar refractivity (Wildman–Crippen MR) is 118 cm³/mol. The van der Waals surface area contributed by atoms with E-state index < -0.39 is 0 Å². The molecule has 0 unspecified atom stereocenters. The molecule has 0 radical (unpaired) electrons. The van der Waals surface area contributed by atoms with Crippen LogP contribution >= 0.6 is 27.7 Å². The van der Waals surface area contributed by atoms with E-state index in [-0.39, 0.29) is 11.9 Å². The van der Waals surface area contributed by atoms with Gasteiger partial charge in [-0.15, -0.1) is 10.2 Å². The number of aromatic nitrogens is 3. The van der Waals surface area contributed by atoms with E-state index >= 15 is 0 Å². The molecule has 3 rings (SSSR count). The van der Waals surface area contributed by atoms with Gasteiger partial charge in [0.05, 0.1) is 5.75 Å². The Hall–Kier alpha value is -1.34. The number of carbonyl (C=O) groups excluding carboxylic acids is 1. The maximum atomic E-state index is 12.3. The zero-order valence-corrected chi connectivity index (χ0v) is 19.2. The third kappa shape index (κ3) is 5.38. The second kappa shape index (κ2) is 9.92. The zero-order valence-electron chi connectivity index (χ0n) is 16.8. The maximum Gasteiger partial charge on any atom is 0.230 e. The molecule has 1 aliphatic carbocycles. The molecule has 152 valence electrons. The number of hydrogen-bond acceptors (Lipinski definition) is 4. The fraction of sp³-hybridized carbons (Fsp3) is 0.571. The third-order valence-corrected chi connectivity index (χ3v) is 6.90. The molecule has 1 atom stereocenters. The minimum absolute atomic E-state index is 0.0505. The van der Waals surface area contributed by atoms with Crippen LogP contribution in [0.3, 0.4) is 0 Å². The standard InChI is InChI=1S/C21H29BrN4OS/c1-14(2)15(3)23-19(27)13-28-21-25-24-20(16-9-11-17(22)12-10-16)26(21)18-7-5-4-6-8-18/h9-12,14-15,18H,4-8,13H2,1-3H3,(H,23,27)/t15-/m1/s1. The lowest BCUT2D eigenvalue weighted by atomic mass is 9.95. The van der Waals surface area contributed by atoms with Gasteiger partial charge in [-0.3, -0.25) is 9.36 Å². The van der Waals surface area contributed by atoms with Crippen molar-refractivity contribution in [3.63, 3.8) is 0 Å². The average molecular weight is 465 g/mol. The van der Waals surface area contributed by atoms with Gasteiger partial charge < -0.3 is 5.32 Å². The average Bonchev–Trinajstić information content (AvgIpc) is 3.11. The van der Waals surface area contributed by atoms with Crippen molar-refractivity contribution in [2.24, 2.45) is 5.92 Å². The first-order valence-electron chi connectivity index (χ1n) is 10.1. The number of benzene rings is 1. The molecule has 1 aromatic carbocycles. The van der Waals surface area contributed by atoms with E-state index in [1.807, 2.05) is 19.1 Å². The summed E-state index contributed by atoms with van der Waals surface area (Å²) in [4.78, 5) is 12.3. The second-order valence-electron chi connectivity index (χ2n) is 7.86. The molecule has 1 N–H and O–H groups in total. The monoisotopic (exact) mass is 464 g/mol. The van der Waals surface area contributed by atoms with Crippen LogP contribution in [0.25, 0.3) is 11.4 Å². The summed E-state index contributed by atoms with van der Waals surface area (Å²) in [5.41, 5.74) is 1.06. The van der Waals surface area contributed by atoms with Crippen LogP contribution in [0.2, 0.25) is 0 Å². The zero-order chi connectivity index (χ0) is 20.1.